The molecule has 1 aromatic heterocycles. The van der Waals surface area contributed by atoms with Crippen LogP contribution in [0.3, 0.4) is 0 Å². The third-order valence-corrected chi connectivity index (χ3v) is 3.57. The number of rotatable bonds is 5. The van der Waals surface area contributed by atoms with Gasteiger partial charge in [0.05, 0.1) is 6.04 Å². The number of para-hydroxylation sites is 1. The van der Waals surface area contributed by atoms with E-state index in [-0.39, 0.29) is 11.9 Å². The van der Waals surface area contributed by atoms with Crippen molar-refractivity contribution in [3.8, 4) is 0 Å². The Morgan fingerprint density at radius 1 is 0.958 bits per heavy atom. The van der Waals surface area contributed by atoms with Crippen LogP contribution < -0.4 is 10.6 Å². The molecule has 0 aliphatic heterocycles. The van der Waals surface area contributed by atoms with Crippen molar-refractivity contribution in [3.63, 3.8) is 0 Å². The molecule has 0 saturated carbocycles. The van der Waals surface area contributed by atoms with Crippen LogP contribution in [0.4, 0.5) is 11.6 Å². The fourth-order valence-electron chi connectivity index (χ4n) is 2.29. The van der Waals surface area contributed by atoms with Gasteiger partial charge in [-0.3, -0.25) is 4.79 Å². The quantitative estimate of drug-likeness (QED) is 0.752. The number of carbonyl (C=O) groups excluding carboxylic acids is 1. The molecule has 5 nitrogen and oxygen atoms in total. The normalized spacial score (nSPS) is 11.5. The maximum Gasteiger partial charge on any atom is 0.270 e. The van der Waals surface area contributed by atoms with Crippen molar-refractivity contribution >= 4 is 17.5 Å². The number of hydrogen-bond acceptors (Lipinski definition) is 4. The van der Waals surface area contributed by atoms with Crippen molar-refractivity contribution in [2.75, 3.05) is 5.32 Å². The Balaban J connectivity index is 1.70. The lowest BCUT2D eigenvalue weighted by molar-refractivity contribution is 0.0935. The van der Waals surface area contributed by atoms with Gasteiger partial charge in [0, 0.05) is 11.9 Å². The van der Waals surface area contributed by atoms with Gasteiger partial charge in [0.25, 0.3) is 5.91 Å². The van der Waals surface area contributed by atoms with Gasteiger partial charge in [-0.15, -0.1) is 0 Å². The van der Waals surface area contributed by atoms with Crippen molar-refractivity contribution in [2.24, 2.45) is 0 Å². The predicted molar refractivity (Wildman–Crippen MR) is 94.1 cm³/mol. The standard InChI is InChI=1S/C19H18N4O/c1-14(15-8-4-2-5-9-15)21-18(24)17-12-13-20-19(23-17)22-16-10-6-3-7-11-16/h2-14H,1H3,(H,21,24)(H,20,22,23). The Labute approximate surface area is 140 Å². The summed E-state index contributed by atoms with van der Waals surface area (Å²) in [6, 6.07) is 20.9. The van der Waals surface area contributed by atoms with Crippen LogP contribution in [0.15, 0.2) is 72.9 Å². The van der Waals surface area contributed by atoms with Crippen molar-refractivity contribution < 1.29 is 4.79 Å². The highest BCUT2D eigenvalue weighted by molar-refractivity contribution is 5.92. The Kier molecular flexibility index (Phi) is 4.81. The molecular formula is C19H18N4O. The molecule has 0 saturated heterocycles. The van der Waals surface area contributed by atoms with Crippen LogP contribution in [0.2, 0.25) is 0 Å². The molecule has 0 radical (unpaired) electrons. The van der Waals surface area contributed by atoms with E-state index in [9.17, 15) is 4.79 Å². The number of hydrogen-bond donors (Lipinski definition) is 2. The molecular weight excluding hydrogens is 300 g/mol. The summed E-state index contributed by atoms with van der Waals surface area (Å²) in [5.41, 5.74) is 2.24. The molecule has 1 atom stereocenters. The predicted octanol–water partition coefficient (Wildman–Crippen LogP) is 3.71. The van der Waals surface area contributed by atoms with E-state index < -0.39 is 0 Å². The van der Waals surface area contributed by atoms with Crippen LogP contribution in [0.25, 0.3) is 0 Å². The van der Waals surface area contributed by atoms with E-state index in [1.54, 1.807) is 12.3 Å². The van der Waals surface area contributed by atoms with E-state index in [1.165, 1.54) is 0 Å². The van der Waals surface area contributed by atoms with Crippen molar-refractivity contribution in [3.05, 3.63) is 84.2 Å². The molecule has 3 rings (SSSR count). The zero-order valence-electron chi connectivity index (χ0n) is 13.3. The average molecular weight is 318 g/mol. The van der Waals surface area contributed by atoms with Crippen LogP contribution in [0, 0.1) is 0 Å². The minimum atomic E-state index is -0.232. The lowest BCUT2D eigenvalue weighted by Crippen LogP contribution is -2.27. The molecule has 1 unspecified atom stereocenters. The average Bonchev–Trinajstić information content (AvgIpc) is 2.63. The molecule has 120 valence electrons. The summed E-state index contributed by atoms with van der Waals surface area (Å²) >= 11 is 0. The third kappa shape index (κ3) is 3.95. The van der Waals surface area contributed by atoms with Gasteiger partial charge in [0.15, 0.2) is 0 Å². The Morgan fingerprint density at radius 2 is 1.62 bits per heavy atom. The first-order valence-electron chi connectivity index (χ1n) is 7.73. The number of anilines is 2. The van der Waals surface area contributed by atoms with Crippen molar-refractivity contribution in [1.82, 2.24) is 15.3 Å². The van der Waals surface area contributed by atoms with Crippen molar-refractivity contribution in [2.45, 2.75) is 13.0 Å². The number of carbonyl (C=O) groups is 1. The van der Waals surface area contributed by atoms with Crippen molar-refractivity contribution in [1.29, 1.82) is 0 Å². The van der Waals surface area contributed by atoms with Crippen LogP contribution in [-0.4, -0.2) is 15.9 Å². The van der Waals surface area contributed by atoms with E-state index in [0.717, 1.165) is 11.3 Å². The van der Waals surface area contributed by atoms with Gasteiger partial charge < -0.3 is 10.6 Å². The van der Waals surface area contributed by atoms with Crippen LogP contribution >= 0.6 is 0 Å². The van der Waals surface area contributed by atoms with Gasteiger partial charge in [-0.1, -0.05) is 48.5 Å². The second-order valence-corrected chi connectivity index (χ2v) is 5.36. The monoisotopic (exact) mass is 318 g/mol. The first-order chi connectivity index (χ1) is 11.7. The minimum Gasteiger partial charge on any atom is -0.344 e. The summed E-state index contributed by atoms with van der Waals surface area (Å²) < 4.78 is 0. The highest BCUT2D eigenvalue weighted by Crippen LogP contribution is 2.14. The molecule has 0 fully saturated rings. The molecule has 1 heterocycles. The topological polar surface area (TPSA) is 66.9 Å². The zero-order chi connectivity index (χ0) is 16.8. The van der Waals surface area contributed by atoms with Crippen LogP contribution in [-0.2, 0) is 0 Å². The molecule has 2 aromatic carbocycles. The molecule has 24 heavy (non-hydrogen) atoms. The van der Waals surface area contributed by atoms with E-state index in [0.29, 0.717) is 11.6 Å². The number of amides is 1. The molecule has 5 heteroatoms. The second kappa shape index (κ2) is 7.37. The van der Waals surface area contributed by atoms with E-state index >= 15 is 0 Å². The lowest BCUT2D eigenvalue weighted by atomic mass is 10.1. The molecule has 0 aliphatic carbocycles. The second-order valence-electron chi connectivity index (χ2n) is 5.36. The van der Waals surface area contributed by atoms with E-state index in [4.69, 9.17) is 0 Å². The number of benzene rings is 2. The Morgan fingerprint density at radius 3 is 2.33 bits per heavy atom. The molecule has 0 spiro atoms. The van der Waals surface area contributed by atoms with Gasteiger partial charge in [-0.25, -0.2) is 9.97 Å². The Hall–Kier alpha value is -3.21. The summed E-state index contributed by atoms with van der Waals surface area (Å²) in [5, 5.41) is 6.03. The zero-order valence-corrected chi connectivity index (χ0v) is 13.3. The SMILES string of the molecule is CC(NC(=O)c1ccnc(Nc2ccccc2)n1)c1ccccc1. The van der Waals surface area contributed by atoms with E-state index in [2.05, 4.69) is 20.6 Å². The highest BCUT2D eigenvalue weighted by Gasteiger charge is 2.13. The smallest absolute Gasteiger partial charge is 0.270 e. The largest absolute Gasteiger partial charge is 0.344 e. The molecule has 0 bridgehead atoms. The van der Waals surface area contributed by atoms with Crippen LogP contribution in [0.1, 0.15) is 29.0 Å². The van der Waals surface area contributed by atoms with Gasteiger partial charge in [-0.2, -0.15) is 0 Å². The molecule has 2 N–H and O–H groups in total. The summed E-state index contributed by atoms with van der Waals surface area (Å²) in [7, 11) is 0. The lowest BCUT2D eigenvalue weighted by Gasteiger charge is -2.14. The van der Waals surface area contributed by atoms with Gasteiger partial charge >= 0.3 is 0 Å². The first-order valence-corrected chi connectivity index (χ1v) is 7.73. The Bertz CT molecular complexity index is 806. The molecule has 1 amide bonds. The summed E-state index contributed by atoms with van der Waals surface area (Å²) in [6.07, 6.45) is 1.57. The molecule has 0 aliphatic rings. The highest BCUT2D eigenvalue weighted by atomic mass is 16.1. The molecule has 3 aromatic rings. The third-order valence-electron chi connectivity index (χ3n) is 3.57. The summed E-state index contributed by atoms with van der Waals surface area (Å²) in [6.45, 7) is 1.94. The first kappa shape index (κ1) is 15.7. The fourth-order valence-corrected chi connectivity index (χ4v) is 2.29. The fraction of sp³-hybridized carbons (Fsp3) is 0.105. The maximum atomic E-state index is 12.4. The summed E-state index contributed by atoms with van der Waals surface area (Å²) in [4.78, 5) is 20.8. The number of nitrogens with one attached hydrogen (secondary N) is 2. The number of aromatic nitrogens is 2. The summed E-state index contributed by atoms with van der Waals surface area (Å²) in [5.74, 6) is 0.158. The van der Waals surface area contributed by atoms with Gasteiger partial charge in [0.2, 0.25) is 5.95 Å². The minimum absolute atomic E-state index is 0.0980. The van der Waals surface area contributed by atoms with Crippen LogP contribution in [0.5, 0.6) is 0 Å². The number of nitrogens with zero attached hydrogens (tertiary/aromatic N) is 2. The van der Waals surface area contributed by atoms with Gasteiger partial charge in [0.1, 0.15) is 5.69 Å². The van der Waals surface area contributed by atoms with Gasteiger partial charge in [-0.05, 0) is 30.7 Å². The van der Waals surface area contributed by atoms with E-state index in [1.807, 2.05) is 67.6 Å². The maximum absolute atomic E-state index is 12.4.